The van der Waals surface area contributed by atoms with Gasteiger partial charge in [0.25, 0.3) is 5.91 Å². The number of carbonyl (C=O) groups is 1. The molecule has 0 radical (unpaired) electrons. The number of hydrogen-bond acceptors (Lipinski definition) is 7. The van der Waals surface area contributed by atoms with E-state index in [4.69, 9.17) is 33.9 Å². The van der Waals surface area contributed by atoms with Gasteiger partial charge in [-0.25, -0.2) is 4.99 Å². The molecule has 152 valence electrons. The molecular weight excluding hydrogens is 408 g/mol. The average molecular weight is 424 g/mol. The Kier molecular flexibility index (Phi) is 7.04. The molecule has 0 unspecified atom stereocenters. The molecule has 9 nitrogen and oxygen atoms in total. The molecule has 0 spiro atoms. The largest absolute Gasteiger partial charge is 0.434 e. The van der Waals surface area contributed by atoms with E-state index < -0.39 is 24.1 Å². The van der Waals surface area contributed by atoms with Crippen LogP contribution >= 0.6 is 11.6 Å². The van der Waals surface area contributed by atoms with Gasteiger partial charge in [0.05, 0.1) is 11.4 Å². The van der Waals surface area contributed by atoms with Crippen LogP contribution in [0.5, 0.6) is 5.75 Å². The number of nitrogens with two attached hydrogens (primary N) is 2. The fourth-order valence-corrected chi connectivity index (χ4v) is 2.40. The van der Waals surface area contributed by atoms with E-state index in [1.165, 1.54) is 24.5 Å². The van der Waals surface area contributed by atoms with Gasteiger partial charge in [-0.1, -0.05) is 11.6 Å². The maximum Gasteiger partial charge on any atom is 0.387 e. The lowest BCUT2D eigenvalue weighted by molar-refractivity contribution is -0.116. The van der Waals surface area contributed by atoms with E-state index in [1.54, 1.807) is 6.08 Å². The highest BCUT2D eigenvalue weighted by Crippen LogP contribution is 2.26. The summed E-state index contributed by atoms with van der Waals surface area (Å²) in [7, 11) is 0. The lowest BCUT2D eigenvalue weighted by atomic mass is 10.1. The average Bonchev–Trinajstić information content (AvgIpc) is 2.67. The van der Waals surface area contributed by atoms with Gasteiger partial charge in [0.2, 0.25) is 0 Å². The Labute approximate surface area is 168 Å². The highest BCUT2D eigenvalue weighted by Gasteiger charge is 2.23. The second-order valence-corrected chi connectivity index (χ2v) is 5.78. The van der Waals surface area contributed by atoms with Gasteiger partial charge in [0.1, 0.15) is 23.0 Å². The van der Waals surface area contributed by atoms with Crippen LogP contribution in [0.25, 0.3) is 0 Å². The summed E-state index contributed by atoms with van der Waals surface area (Å²) in [5.74, 6) is -1.82. The van der Waals surface area contributed by atoms with Crippen molar-refractivity contribution in [1.29, 1.82) is 10.8 Å². The minimum absolute atomic E-state index is 0.00452. The fourth-order valence-electron chi connectivity index (χ4n) is 2.23. The van der Waals surface area contributed by atoms with Crippen LogP contribution in [0.2, 0.25) is 5.02 Å². The molecule has 1 amide bonds. The summed E-state index contributed by atoms with van der Waals surface area (Å²) in [6.07, 6.45) is 5.29. The number of rotatable bonds is 7. The number of nitrogens with one attached hydrogen (secondary N) is 4. The monoisotopic (exact) mass is 423 g/mol. The Hall–Kier alpha value is -3.73. The fraction of sp³-hybridized carbons (Fsp3) is 0.0588. The Morgan fingerprint density at radius 2 is 2.10 bits per heavy atom. The number of alkyl halides is 2. The molecule has 1 aliphatic rings. The van der Waals surface area contributed by atoms with E-state index in [9.17, 15) is 13.6 Å². The number of nitrogens with zero attached hydrogens (tertiary/aromatic N) is 1. The van der Waals surface area contributed by atoms with Gasteiger partial charge in [0.15, 0.2) is 0 Å². The van der Waals surface area contributed by atoms with Gasteiger partial charge in [-0.05, 0) is 24.3 Å². The van der Waals surface area contributed by atoms with Crippen LogP contribution < -0.4 is 26.8 Å². The number of hydrogen-bond donors (Lipinski definition) is 6. The molecule has 1 aromatic carbocycles. The molecule has 0 bridgehead atoms. The minimum Gasteiger partial charge on any atom is -0.434 e. The summed E-state index contributed by atoms with van der Waals surface area (Å²) in [4.78, 5) is 16.5. The van der Waals surface area contributed by atoms with Crippen LogP contribution in [-0.4, -0.2) is 30.3 Å². The zero-order valence-electron chi connectivity index (χ0n) is 14.7. The number of carbonyl (C=O) groups excluding carboxylic acids is 1. The molecule has 0 fully saturated rings. The number of amides is 1. The summed E-state index contributed by atoms with van der Waals surface area (Å²) < 4.78 is 29.7. The van der Waals surface area contributed by atoms with Crippen LogP contribution in [0.1, 0.15) is 5.56 Å². The second-order valence-electron chi connectivity index (χ2n) is 5.35. The molecule has 0 aromatic heterocycles. The number of ether oxygens (including phenoxy) is 1. The zero-order chi connectivity index (χ0) is 21.6. The molecular formula is C17H16ClF2N7O2. The van der Waals surface area contributed by atoms with E-state index in [-0.39, 0.29) is 33.4 Å². The van der Waals surface area contributed by atoms with Crippen molar-refractivity contribution in [2.45, 2.75) is 6.61 Å². The summed E-state index contributed by atoms with van der Waals surface area (Å²) in [5.41, 5.74) is 9.82. The predicted molar refractivity (Wildman–Crippen MR) is 105 cm³/mol. The van der Waals surface area contributed by atoms with Gasteiger partial charge in [0, 0.05) is 29.2 Å². The van der Waals surface area contributed by atoms with Crippen LogP contribution in [0, 0.1) is 10.8 Å². The predicted octanol–water partition coefficient (Wildman–Crippen LogP) is 1.56. The van der Waals surface area contributed by atoms with Gasteiger partial charge in [-0.2, -0.15) is 8.78 Å². The van der Waals surface area contributed by atoms with Crippen molar-refractivity contribution in [2.75, 3.05) is 0 Å². The first-order valence-electron chi connectivity index (χ1n) is 7.86. The Morgan fingerprint density at radius 1 is 1.38 bits per heavy atom. The van der Waals surface area contributed by atoms with E-state index in [0.717, 1.165) is 12.3 Å². The summed E-state index contributed by atoms with van der Waals surface area (Å²) in [6.45, 7) is -3.14. The Balaban J connectivity index is 2.35. The van der Waals surface area contributed by atoms with Crippen LogP contribution in [0.15, 0.2) is 58.8 Å². The molecule has 0 saturated heterocycles. The molecule has 1 heterocycles. The van der Waals surface area contributed by atoms with Crippen molar-refractivity contribution in [2.24, 2.45) is 16.5 Å². The first-order valence-corrected chi connectivity index (χ1v) is 8.23. The second kappa shape index (κ2) is 9.46. The molecule has 1 aromatic rings. The first kappa shape index (κ1) is 21.6. The Bertz CT molecular complexity index is 971. The van der Waals surface area contributed by atoms with E-state index in [2.05, 4.69) is 20.4 Å². The van der Waals surface area contributed by atoms with E-state index in [1.807, 2.05) is 0 Å². The maximum absolute atomic E-state index is 12.7. The highest BCUT2D eigenvalue weighted by molar-refractivity contribution is 6.31. The van der Waals surface area contributed by atoms with Gasteiger partial charge >= 0.3 is 6.61 Å². The highest BCUT2D eigenvalue weighted by atomic mass is 35.5. The number of allylic oxidation sites excluding steroid dienone is 2. The van der Waals surface area contributed by atoms with Crippen molar-refractivity contribution in [1.82, 2.24) is 10.6 Å². The molecule has 0 aliphatic carbocycles. The van der Waals surface area contributed by atoms with Crippen molar-refractivity contribution in [3.05, 3.63) is 64.4 Å². The maximum atomic E-state index is 12.7. The van der Waals surface area contributed by atoms with Crippen molar-refractivity contribution in [3.8, 4) is 5.75 Å². The third-order valence-electron chi connectivity index (χ3n) is 3.45. The topological polar surface area (TPSA) is 162 Å². The molecule has 8 N–H and O–H groups in total. The van der Waals surface area contributed by atoms with Gasteiger partial charge < -0.3 is 26.8 Å². The Morgan fingerprint density at radius 3 is 2.66 bits per heavy atom. The summed E-state index contributed by atoms with van der Waals surface area (Å²) in [5, 5.41) is 21.0. The standard InChI is InChI=1S/C17H16ClF2N7O2/c18-8-2-3-11(29-17(19)20)9(6-8)13(22)10(7-21)27-16(28)12(14(23)24)15-25-4-1-5-26-15/h1-7,17,22,25H,21H2,(H3,23,24)(H,27,28)/b10-7+,15-12-,22-13?. The lowest BCUT2D eigenvalue weighted by Gasteiger charge is -2.17. The molecule has 29 heavy (non-hydrogen) atoms. The van der Waals surface area contributed by atoms with Crippen LogP contribution in [-0.2, 0) is 4.79 Å². The number of aliphatic imine (C=N–C) groups is 1. The molecule has 12 heteroatoms. The van der Waals surface area contributed by atoms with E-state index in [0.29, 0.717) is 0 Å². The van der Waals surface area contributed by atoms with Gasteiger partial charge in [-0.3, -0.25) is 15.6 Å². The lowest BCUT2D eigenvalue weighted by Crippen LogP contribution is -2.36. The number of halogens is 3. The first-order chi connectivity index (χ1) is 13.7. The number of amidine groups is 1. The van der Waals surface area contributed by atoms with Crippen LogP contribution in [0.3, 0.4) is 0 Å². The third kappa shape index (κ3) is 5.39. The third-order valence-corrected chi connectivity index (χ3v) is 3.69. The summed E-state index contributed by atoms with van der Waals surface area (Å²) in [6, 6.07) is 3.67. The smallest absolute Gasteiger partial charge is 0.387 e. The quantitative estimate of drug-likeness (QED) is 0.222. The number of benzene rings is 1. The molecule has 1 aliphatic heterocycles. The molecule has 0 atom stereocenters. The van der Waals surface area contributed by atoms with Crippen molar-refractivity contribution in [3.63, 3.8) is 0 Å². The molecule has 2 rings (SSSR count). The van der Waals surface area contributed by atoms with Crippen LogP contribution in [0.4, 0.5) is 8.78 Å². The molecule has 0 saturated carbocycles. The van der Waals surface area contributed by atoms with Crippen molar-refractivity contribution >= 4 is 35.3 Å². The SMILES string of the molecule is N=C(N)/C(C(=O)N/C(=C/N)C(=N)c1cc(Cl)ccc1OC(F)F)=C1/N=CC=CN1. The normalized spacial score (nSPS) is 15.0. The van der Waals surface area contributed by atoms with E-state index >= 15 is 0 Å². The summed E-state index contributed by atoms with van der Waals surface area (Å²) >= 11 is 5.88. The van der Waals surface area contributed by atoms with Gasteiger partial charge in [-0.15, -0.1) is 0 Å². The zero-order valence-corrected chi connectivity index (χ0v) is 15.4. The minimum atomic E-state index is -3.14. The van der Waals surface area contributed by atoms with Crippen molar-refractivity contribution < 1.29 is 18.3 Å².